The number of hydrogen-bond donors (Lipinski definition) is 5. The number of amidine groups is 1. The molecule has 0 bridgehead atoms. The molecule has 1 aromatic carbocycles. The van der Waals surface area contributed by atoms with Gasteiger partial charge in [-0.15, -0.1) is 0 Å². The number of carbonyl (C=O) groups excluding carboxylic acids is 4. The van der Waals surface area contributed by atoms with Gasteiger partial charge >= 0.3 is 0 Å². The molecule has 0 aliphatic rings. The van der Waals surface area contributed by atoms with Gasteiger partial charge in [0.05, 0.1) is 0 Å². The van der Waals surface area contributed by atoms with Crippen LogP contribution >= 0.6 is 0 Å². The van der Waals surface area contributed by atoms with E-state index in [1.54, 1.807) is 24.3 Å². The van der Waals surface area contributed by atoms with Gasteiger partial charge in [-0.25, -0.2) is 0 Å². The fourth-order valence-corrected chi connectivity index (χ4v) is 3.88. The van der Waals surface area contributed by atoms with Gasteiger partial charge in [-0.2, -0.15) is 0 Å². The summed E-state index contributed by atoms with van der Waals surface area (Å²) in [5, 5.41) is 16.1. The molecule has 38 heavy (non-hydrogen) atoms. The predicted molar refractivity (Wildman–Crippen MR) is 151 cm³/mol. The molecular weight excluding hydrogens is 484 g/mol. The van der Waals surface area contributed by atoms with E-state index >= 15 is 0 Å². The van der Waals surface area contributed by atoms with Crippen LogP contribution in [0.2, 0.25) is 0 Å². The zero-order chi connectivity index (χ0) is 28.3. The summed E-state index contributed by atoms with van der Waals surface area (Å²) in [5.41, 5.74) is 6.56. The predicted octanol–water partition coefficient (Wildman–Crippen LogP) is 2.95. The summed E-state index contributed by atoms with van der Waals surface area (Å²) >= 11 is 0. The minimum atomic E-state index is -0.263. The lowest BCUT2D eigenvalue weighted by Crippen LogP contribution is -2.35. The highest BCUT2D eigenvalue weighted by atomic mass is 16.2. The summed E-state index contributed by atoms with van der Waals surface area (Å²) in [6, 6.07) is 6.77. The fourth-order valence-electron chi connectivity index (χ4n) is 3.88. The minimum absolute atomic E-state index is 0.0453. The summed E-state index contributed by atoms with van der Waals surface area (Å²) in [5.74, 6) is -0.360. The highest BCUT2D eigenvalue weighted by Crippen LogP contribution is 2.11. The Morgan fingerprint density at radius 1 is 0.868 bits per heavy atom. The molecule has 0 spiro atoms. The minimum Gasteiger partial charge on any atom is -0.384 e. The molecule has 10 heteroatoms. The molecule has 0 heterocycles. The highest BCUT2D eigenvalue weighted by Gasteiger charge is 2.12. The highest BCUT2D eigenvalue weighted by molar-refractivity contribution is 5.97. The normalized spacial score (nSPS) is 11.6. The first kappa shape index (κ1) is 32.8. The summed E-state index contributed by atoms with van der Waals surface area (Å²) in [6.07, 6.45) is 6.29. The van der Waals surface area contributed by atoms with E-state index in [1.165, 1.54) is 0 Å². The van der Waals surface area contributed by atoms with Gasteiger partial charge < -0.3 is 26.6 Å². The number of nitrogens with zero attached hydrogens (tertiary/aromatic N) is 1. The Hall–Kier alpha value is -3.27. The van der Waals surface area contributed by atoms with Crippen molar-refractivity contribution >= 4 is 35.0 Å². The number of ketones is 1. The average molecular weight is 531 g/mol. The molecule has 1 unspecified atom stereocenters. The van der Waals surface area contributed by atoms with Crippen LogP contribution in [0.15, 0.2) is 24.3 Å². The maximum atomic E-state index is 12.1. The number of unbranched alkanes of at least 4 members (excludes halogenated alkanes) is 1. The number of anilines is 1. The van der Waals surface area contributed by atoms with Gasteiger partial charge in [-0.1, -0.05) is 6.92 Å². The number of nitrogens with two attached hydrogens (primary N) is 1. The third-order valence-corrected chi connectivity index (χ3v) is 6.12. The molecule has 1 rings (SSSR count). The van der Waals surface area contributed by atoms with Crippen molar-refractivity contribution in [3.63, 3.8) is 0 Å². The first-order valence-electron chi connectivity index (χ1n) is 13.6. The van der Waals surface area contributed by atoms with Gasteiger partial charge in [0.2, 0.25) is 17.7 Å². The summed E-state index contributed by atoms with van der Waals surface area (Å²) < 4.78 is 0. The van der Waals surface area contributed by atoms with Crippen LogP contribution in [0.3, 0.4) is 0 Å². The van der Waals surface area contributed by atoms with Crippen molar-refractivity contribution in [1.29, 1.82) is 5.41 Å². The van der Waals surface area contributed by atoms with Gasteiger partial charge in [0.15, 0.2) is 0 Å². The van der Waals surface area contributed by atoms with Gasteiger partial charge in [-0.3, -0.25) is 24.6 Å². The topological polar surface area (TPSA) is 157 Å². The van der Waals surface area contributed by atoms with Crippen LogP contribution in [0.25, 0.3) is 0 Å². The van der Waals surface area contributed by atoms with Crippen LogP contribution in [0.5, 0.6) is 0 Å². The Bertz CT molecular complexity index is 901. The van der Waals surface area contributed by atoms with Crippen LogP contribution in [0, 0.1) is 5.41 Å². The smallest absolute Gasteiger partial charge is 0.224 e. The Balaban J connectivity index is 2.16. The Labute approximate surface area is 227 Å². The maximum Gasteiger partial charge on any atom is 0.224 e. The molecule has 0 aromatic heterocycles. The van der Waals surface area contributed by atoms with Crippen LogP contribution in [-0.2, 0) is 19.2 Å². The number of benzene rings is 1. The lowest BCUT2D eigenvalue weighted by atomic mass is 10.0. The van der Waals surface area contributed by atoms with Gasteiger partial charge in [-0.05, 0) is 83.4 Å². The van der Waals surface area contributed by atoms with Crippen LogP contribution < -0.4 is 21.7 Å². The molecule has 1 atom stereocenters. The second kappa shape index (κ2) is 18.9. The summed E-state index contributed by atoms with van der Waals surface area (Å²) in [4.78, 5) is 50.2. The summed E-state index contributed by atoms with van der Waals surface area (Å²) in [7, 11) is 4.08. The second-order valence-electron chi connectivity index (χ2n) is 9.84. The van der Waals surface area contributed by atoms with E-state index in [4.69, 9.17) is 11.1 Å². The monoisotopic (exact) mass is 530 g/mol. The van der Waals surface area contributed by atoms with Crippen LogP contribution in [0.1, 0.15) is 83.1 Å². The quantitative estimate of drug-likeness (QED) is 0.0991. The Morgan fingerprint density at radius 2 is 1.55 bits per heavy atom. The Kier molecular flexibility index (Phi) is 16.3. The van der Waals surface area contributed by atoms with Crippen molar-refractivity contribution in [1.82, 2.24) is 15.5 Å². The molecule has 0 saturated heterocycles. The molecule has 0 aliphatic carbocycles. The summed E-state index contributed by atoms with van der Waals surface area (Å²) in [6.45, 7) is 3.42. The fraction of sp³-hybridized carbons (Fsp3) is 0.607. The van der Waals surface area contributed by atoms with E-state index in [0.29, 0.717) is 30.6 Å². The maximum absolute atomic E-state index is 12.1. The second-order valence-corrected chi connectivity index (χ2v) is 9.84. The standard InChI is InChI=1S/C28H46N6O4/c1-4-25(36)32-22(10-8-20-34(2)3)9-5-6-19-31-26(37)12-7-11-24(35)17-18-27(38)33-23-15-13-21(14-16-23)28(29)30/h13-16,22H,4-12,17-20H2,1-3H3,(H3,29,30)(H,31,37)(H,32,36)(H,33,38). The number of amides is 3. The number of carbonyl (C=O) groups is 4. The van der Waals surface area contributed by atoms with E-state index in [0.717, 1.165) is 38.6 Å². The number of hydrogen-bond acceptors (Lipinski definition) is 6. The van der Waals surface area contributed by atoms with E-state index < -0.39 is 0 Å². The molecule has 3 amide bonds. The van der Waals surface area contributed by atoms with E-state index in [-0.39, 0.29) is 61.1 Å². The van der Waals surface area contributed by atoms with E-state index in [2.05, 4.69) is 20.9 Å². The third kappa shape index (κ3) is 15.8. The Morgan fingerprint density at radius 3 is 2.18 bits per heavy atom. The van der Waals surface area contributed by atoms with E-state index in [9.17, 15) is 19.2 Å². The molecule has 0 aliphatic heterocycles. The first-order chi connectivity index (χ1) is 18.1. The zero-order valence-electron chi connectivity index (χ0n) is 23.2. The van der Waals surface area contributed by atoms with Crippen molar-refractivity contribution in [2.45, 2.75) is 83.6 Å². The lowest BCUT2D eigenvalue weighted by Gasteiger charge is -2.19. The SMILES string of the molecule is CCC(=O)NC(CCCCNC(=O)CCCC(=O)CCC(=O)Nc1ccc(C(=N)N)cc1)CCCN(C)C. The van der Waals surface area contributed by atoms with Crippen molar-refractivity contribution < 1.29 is 19.2 Å². The van der Waals surface area contributed by atoms with Crippen molar-refractivity contribution in [3.8, 4) is 0 Å². The number of Topliss-reactive ketones (excluding diaryl/α,β-unsaturated/α-hetero) is 1. The molecule has 10 nitrogen and oxygen atoms in total. The zero-order valence-corrected chi connectivity index (χ0v) is 23.2. The molecule has 0 radical (unpaired) electrons. The number of nitrogens with one attached hydrogen (secondary N) is 4. The third-order valence-electron chi connectivity index (χ3n) is 6.12. The van der Waals surface area contributed by atoms with Crippen molar-refractivity contribution in [2.75, 3.05) is 32.5 Å². The molecular formula is C28H46N6O4. The van der Waals surface area contributed by atoms with Gasteiger partial charge in [0.1, 0.15) is 11.6 Å². The largest absolute Gasteiger partial charge is 0.384 e. The number of rotatable bonds is 20. The molecule has 0 saturated carbocycles. The van der Waals surface area contributed by atoms with Crippen molar-refractivity contribution in [2.24, 2.45) is 5.73 Å². The molecule has 212 valence electrons. The molecule has 6 N–H and O–H groups in total. The average Bonchev–Trinajstić information content (AvgIpc) is 2.87. The first-order valence-corrected chi connectivity index (χ1v) is 13.6. The van der Waals surface area contributed by atoms with Crippen molar-refractivity contribution in [3.05, 3.63) is 29.8 Å². The van der Waals surface area contributed by atoms with E-state index in [1.807, 2.05) is 21.0 Å². The van der Waals surface area contributed by atoms with Crippen LogP contribution in [-0.4, -0.2) is 67.5 Å². The van der Waals surface area contributed by atoms with Gasteiger partial charge in [0, 0.05) is 55.9 Å². The molecule has 1 aromatic rings. The van der Waals surface area contributed by atoms with Gasteiger partial charge in [0.25, 0.3) is 0 Å². The van der Waals surface area contributed by atoms with Crippen LogP contribution in [0.4, 0.5) is 5.69 Å². The number of nitrogen functional groups attached to an aromatic ring is 1. The molecule has 0 fully saturated rings. The lowest BCUT2D eigenvalue weighted by molar-refractivity contribution is -0.124.